The first-order valence-electron chi connectivity index (χ1n) is 7.37. The zero-order chi connectivity index (χ0) is 13.4. The van der Waals surface area contributed by atoms with E-state index >= 15 is 0 Å². The lowest BCUT2D eigenvalue weighted by molar-refractivity contribution is -0.123. The number of hydrogen-bond donors (Lipinski definition) is 2. The van der Waals surface area contributed by atoms with Crippen LogP contribution in [0.3, 0.4) is 0 Å². The normalized spacial score (nSPS) is 22.7. The number of nitrogens with zero attached hydrogens (tertiary/aromatic N) is 1. The molecule has 2 unspecified atom stereocenters. The van der Waals surface area contributed by atoms with Gasteiger partial charge in [0.25, 0.3) is 0 Å². The Morgan fingerprint density at radius 3 is 3.00 bits per heavy atom. The molecule has 1 aliphatic heterocycles. The molecule has 4 heteroatoms. The maximum absolute atomic E-state index is 11.9. The standard InChI is InChI=1S/C14H29N3O/c1-3-5-12(2)16-14(18)11-17-9-4-6-13(10-17)7-8-15/h12-13H,3-11,15H2,1-2H3,(H,16,18). The van der Waals surface area contributed by atoms with E-state index in [0.29, 0.717) is 18.5 Å². The topological polar surface area (TPSA) is 58.4 Å². The van der Waals surface area contributed by atoms with Gasteiger partial charge in [0, 0.05) is 12.6 Å². The molecule has 1 amide bonds. The molecule has 1 aliphatic rings. The van der Waals surface area contributed by atoms with E-state index in [1.165, 1.54) is 12.8 Å². The SMILES string of the molecule is CCCC(C)NC(=O)CN1CCCC(CCN)C1. The second-order valence-corrected chi connectivity index (χ2v) is 5.58. The lowest BCUT2D eigenvalue weighted by Gasteiger charge is -2.32. The van der Waals surface area contributed by atoms with Gasteiger partial charge in [0.05, 0.1) is 6.54 Å². The van der Waals surface area contributed by atoms with E-state index in [2.05, 4.69) is 24.1 Å². The molecule has 1 rings (SSSR count). The van der Waals surface area contributed by atoms with Crippen LogP contribution in [0.15, 0.2) is 0 Å². The van der Waals surface area contributed by atoms with Crippen molar-refractivity contribution in [3.63, 3.8) is 0 Å². The molecule has 1 saturated heterocycles. The molecule has 0 aromatic carbocycles. The summed E-state index contributed by atoms with van der Waals surface area (Å²) in [4.78, 5) is 14.2. The van der Waals surface area contributed by atoms with Crippen molar-refractivity contribution < 1.29 is 4.79 Å². The second-order valence-electron chi connectivity index (χ2n) is 5.58. The van der Waals surface area contributed by atoms with Gasteiger partial charge in [-0.25, -0.2) is 0 Å². The van der Waals surface area contributed by atoms with Gasteiger partial charge in [-0.15, -0.1) is 0 Å². The molecule has 18 heavy (non-hydrogen) atoms. The Hall–Kier alpha value is -0.610. The van der Waals surface area contributed by atoms with E-state index in [-0.39, 0.29) is 5.91 Å². The fourth-order valence-corrected chi connectivity index (χ4v) is 2.79. The molecule has 1 heterocycles. The number of hydrogen-bond acceptors (Lipinski definition) is 3. The minimum absolute atomic E-state index is 0.171. The summed E-state index contributed by atoms with van der Waals surface area (Å²) < 4.78 is 0. The van der Waals surface area contributed by atoms with Crippen molar-refractivity contribution in [1.82, 2.24) is 10.2 Å². The van der Waals surface area contributed by atoms with Crippen LogP contribution in [-0.2, 0) is 4.79 Å². The number of piperidine rings is 1. The lowest BCUT2D eigenvalue weighted by Crippen LogP contribution is -2.44. The van der Waals surface area contributed by atoms with Crippen molar-refractivity contribution in [2.24, 2.45) is 11.7 Å². The van der Waals surface area contributed by atoms with Gasteiger partial charge in [0.1, 0.15) is 0 Å². The van der Waals surface area contributed by atoms with Crippen molar-refractivity contribution in [1.29, 1.82) is 0 Å². The monoisotopic (exact) mass is 255 g/mol. The maximum atomic E-state index is 11.9. The van der Waals surface area contributed by atoms with Crippen LogP contribution >= 0.6 is 0 Å². The summed E-state index contributed by atoms with van der Waals surface area (Å²) in [7, 11) is 0. The molecule has 0 radical (unpaired) electrons. The summed E-state index contributed by atoms with van der Waals surface area (Å²) in [5.41, 5.74) is 5.61. The first-order valence-corrected chi connectivity index (χ1v) is 7.37. The van der Waals surface area contributed by atoms with Gasteiger partial charge in [-0.3, -0.25) is 9.69 Å². The molecule has 4 nitrogen and oxygen atoms in total. The van der Waals surface area contributed by atoms with E-state index in [4.69, 9.17) is 5.73 Å². The Bertz CT molecular complexity index is 243. The maximum Gasteiger partial charge on any atom is 0.234 e. The average Bonchev–Trinajstić information content (AvgIpc) is 2.29. The fraction of sp³-hybridized carbons (Fsp3) is 0.929. The van der Waals surface area contributed by atoms with Crippen LogP contribution < -0.4 is 11.1 Å². The first-order chi connectivity index (χ1) is 8.65. The minimum Gasteiger partial charge on any atom is -0.353 e. The van der Waals surface area contributed by atoms with Gasteiger partial charge in [-0.1, -0.05) is 13.3 Å². The van der Waals surface area contributed by atoms with Gasteiger partial charge in [0.2, 0.25) is 5.91 Å². The Balaban J connectivity index is 2.26. The molecule has 0 aromatic heterocycles. The van der Waals surface area contributed by atoms with Crippen molar-refractivity contribution in [2.45, 2.75) is 52.0 Å². The highest BCUT2D eigenvalue weighted by atomic mass is 16.2. The highest BCUT2D eigenvalue weighted by Crippen LogP contribution is 2.18. The molecule has 0 aromatic rings. The predicted molar refractivity (Wildman–Crippen MR) is 75.3 cm³/mol. The Kier molecular flexibility index (Phi) is 7.28. The number of rotatable bonds is 7. The summed E-state index contributed by atoms with van der Waals surface area (Å²) in [6.45, 7) is 7.62. The van der Waals surface area contributed by atoms with Gasteiger partial charge in [0.15, 0.2) is 0 Å². The molecule has 3 N–H and O–H groups in total. The van der Waals surface area contributed by atoms with Crippen LogP contribution in [0, 0.1) is 5.92 Å². The van der Waals surface area contributed by atoms with Crippen molar-refractivity contribution >= 4 is 5.91 Å². The zero-order valence-electron chi connectivity index (χ0n) is 12.0. The number of nitrogens with one attached hydrogen (secondary N) is 1. The summed E-state index contributed by atoms with van der Waals surface area (Å²) in [6, 6.07) is 0.298. The Morgan fingerprint density at radius 1 is 1.56 bits per heavy atom. The molecule has 106 valence electrons. The highest BCUT2D eigenvalue weighted by Gasteiger charge is 2.21. The van der Waals surface area contributed by atoms with Crippen molar-refractivity contribution in [2.75, 3.05) is 26.2 Å². The predicted octanol–water partition coefficient (Wildman–Crippen LogP) is 1.35. The zero-order valence-corrected chi connectivity index (χ0v) is 12.0. The smallest absolute Gasteiger partial charge is 0.234 e. The summed E-state index contributed by atoms with van der Waals surface area (Å²) in [6.07, 6.45) is 5.72. The van der Waals surface area contributed by atoms with E-state index in [1.807, 2.05) is 0 Å². The molecular weight excluding hydrogens is 226 g/mol. The molecule has 2 atom stereocenters. The van der Waals surface area contributed by atoms with E-state index in [0.717, 1.165) is 38.9 Å². The van der Waals surface area contributed by atoms with Crippen LogP contribution in [0.1, 0.15) is 46.0 Å². The quantitative estimate of drug-likeness (QED) is 0.722. The Morgan fingerprint density at radius 2 is 2.33 bits per heavy atom. The molecule has 0 bridgehead atoms. The van der Waals surface area contributed by atoms with Gasteiger partial charge < -0.3 is 11.1 Å². The van der Waals surface area contributed by atoms with Crippen LogP contribution in [0.4, 0.5) is 0 Å². The number of carbonyl (C=O) groups is 1. The summed E-state index contributed by atoms with van der Waals surface area (Å²) in [5, 5.41) is 3.07. The van der Waals surface area contributed by atoms with Crippen LogP contribution in [0.5, 0.6) is 0 Å². The summed E-state index contributed by atoms with van der Waals surface area (Å²) >= 11 is 0. The molecule has 0 saturated carbocycles. The van der Waals surface area contributed by atoms with E-state index in [9.17, 15) is 4.79 Å². The van der Waals surface area contributed by atoms with Crippen molar-refractivity contribution in [3.05, 3.63) is 0 Å². The average molecular weight is 255 g/mol. The third-order valence-electron chi connectivity index (χ3n) is 3.67. The number of nitrogens with two attached hydrogens (primary N) is 1. The largest absolute Gasteiger partial charge is 0.353 e. The third-order valence-corrected chi connectivity index (χ3v) is 3.67. The third kappa shape index (κ3) is 5.83. The first kappa shape index (κ1) is 15.4. The number of carbonyl (C=O) groups excluding carboxylic acids is 1. The lowest BCUT2D eigenvalue weighted by atomic mass is 9.95. The fourth-order valence-electron chi connectivity index (χ4n) is 2.79. The number of likely N-dealkylation sites (tertiary alicyclic amines) is 1. The second kappa shape index (κ2) is 8.48. The summed E-state index contributed by atoms with van der Waals surface area (Å²) in [5.74, 6) is 0.856. The molecule has 0 spiro atoms. The van der Waals surface area contributed by atoms with Crippen molar-refractivity contribution in [3.8, 4) is 0 Å². The molecule has 0 aliphatic carbocycles. The van der Waals surface area contributed by atoms with Crippen LogP contribution in [-0.4, -0.2) is 43.0 Å². The molecular formula is C14H29N3O. The number of amides is 1. The Labute approximate surface area is 111 Å². The minimum atomic E-state index is 0.171. The van der Waals surface area contributed by atoms with Gasteiger partial charge in [-0.2, -0.15) is 0 Å². The van der Waals surface area contributed by atoms with Gasteiger partial charge in [-0.05, 0) is 51.6 Å². The highest BCUT2D eigenvalue weighted by molar-refractivity contribution is 5.78. The van der Waals surface area contributed by atoms with Crippen LogP contribution in [0.25, 0.3) is 0 Å². The van der Waals surface area contributed by atoms with E-state index < -0.39 is 0 Å². The molecule has 1 fully saturated rings. The van der Waals surface area contributed by atoms with E-state index in [1.54, 1.807) is 0 Å². The van der Waals surface area contributed by atoms with Crippen LogP contribution in [0.2, 0.25) is 0 Å². The van der Waals surface area contributed by atoms with Gasteiger partial charge >= 0.3 is 0 Å².